The molecule has 0 spiro atoms. The van der Waals surface area contributed by atoms with E-state index in [4.69, 9.17) is 0 Å². The first-order valence-corrected chi connectivity index (χ1v) is 10.6. The normalized spacial score (nSPS) is 14.3. The van der Waals surface area contributed by atoms with E-state index in [2.05, 4.69) is 20.3 Å². The summed E-state index contributed by atoms with van der Waals surface area (Å²) in [6.07, 6.45) is -3.74. The third kappa shape index (κ3) is 4.17. The molecule has 168 valence electrons. The SMILES string of the molecule is Cc1nn(-c2cccc(C(F)(F)F)c2)c(C)c1C(=O)C(=O)Nc1nc2c(s1)CN(C)CC2. The number of nitrogens with zero attached hydrogens (tertiary/aromatic N) is 4. The zero-order valence-corrected chi connectivity index (χ0v) is 18.4. The lowest BCUT2D eigenvalue weighted by Crippen LogP contribution is -2.25. The highest BCUT2D eigenvalue weighted by molar-refractivity contribution is 7.16. The molecule has 0 aliphatic carbocycles. The molecule has 7 nitrogen and oxygen atoms in total. The number of aromatic nitrogens is 3. The fraction of sp³-hybridized carbons (Fsp3) is 0.333. The lowest BCUT2D eigenvalue weighted by Gasteiger charge is -2.20. The molecule has 11 heteroatoms. The standard InChI is InChI=1S/C21H20F3N5O2S/c1-11-17(12(2)29(27-11)14-6-4-5-13(9-14)21(22,23)24)18(30)19(31)26-20-25-15-7-8-28(3)10-16(15)32-20/h4-6,9H,7-8,10H2,1-3H3,(H,25,26,31). The van der Waals surface area contributed by atoms with Gasteiger partial charge in [-0.3, -0.25) is 14.9 Å². The number of halogens is 3. The maximum absolute atomic E-state index is 13.1. The average Bonchev–Trinajstić information content (AvgIpc) is 3.25. The second-order valence-corrected chi connectivity index (χ2v) is 8.75. The Balaban J connectivity index is 1.59. The van der Waals surface area contributed by atoms with Crippen LogP contribution < -0.4 is 5.32 Å². The molecule has 0 unspecified atom stereocenters. The summed E-state index contributed by atoms with van der Waals surface area (Å²) < 4.78 is 40.5. The van der Waals surface area contributed by atoms with E-state index >= 15 is 0 Å². The quantitative estimate of drug-likeness (QED) is 0.471. The molecule has 4 rings (SSSR count). The second kappa shape index (κ2) is 8.14. The van der Waals surface area contributed by atoms with Gasteiger partial charge in [0.05, 0.1) is 33.9 Å². The van der Waals surface area contributed by atoms with Gasteiger partial charge in [0.25, 0.3) is 11.7 Å². The number of thiazole rings is 1. The molecule has 0 saturated carbocycles. The number of carbonyl (C=O) groups is 2. The van der Waals surface area contributed by atoms with E-state index in [1.807, 2.05) is 7.05 Å². The summed E-state index contributed by atoms with van der Waals surface area (Å²) in [5.74, 6) is -1.68. The molecule has 3 aromatic rings. The smallest absolute Gasteiger partial charge is 0.301 e. The van der Waals surface area contributed by atoms with Crippen LogP contribution in [0.5, 0.6) is 0 Å². The highest BCUT2D eigenvalue weighted by Gasteiger charge is 2.31. The van der Waals surface area contributed by atoms with Crippen molar-refractivity contribution in [2.75, 3.05) is 18.9 Å². The zero-order chi connectivity index (χ0) is 23.2. The van der Waals surface area contributed by atoms with Gasteiger partial charge in [0.1, 0.15) is 0 Å². The minimum absolute atomic E-state index is 0.0564. The number of carbonyl (C=O) groups excluding carboxylic acids is 2. The van der Waals surface area contributed by atoms with E-state index in [-0.39, 0.29) is 22.6 Å². The molecule has 1 aliphatic heterocycles. The van der Waals surface area contributed by atoms with Gasteiger partial charge in [-0.15, -0.1) is 11.3 Å². The first kappa shape index (κ1) is 22.2. The first-order chi connectivity index (χ1) is 15.0. The van der Waals surface area contributed by atoms with Crippen molar-refractivity contribution in [3.05, 3.63) is 57.4 Å². The highest BCUT2D eigenvalue weighted by Crippen LogP contribution is 2.31. The van der Waals surface area contributed by atoms with E-state index in [1.54, 1.807) is 6.92 Å². The van der Waals surface area contributed by atoms with Crippen molar-refractivity contribution in [1.82, 2.24) is 19.7 Å². The number of hydrogen-bond acceptors (Lipinski definition) is 6. The number of anilines is 1. The van der Waals surface area contributed by atoms with Gasteiger partial charge in [0, 0.05) is 24.4 Å². The van der Waals surface area contributed by atoms with Crippen molar-refractivity contribution in [1.29, 1.82) is 0 Å². The van der Waals surface area contributed by atoms with Crippen LogP contribution in [0.25, 0.3) is 5.69 Å². The van der Waals surface area contributed by atoms with E-state index in [1.165, 1.54) is 35.1 Å². The molecule has 2 aromatic heterocycles. The number of fused-ring (bicyclic) bond motifs is 1. The van der Waals surface area contributed by atoms with Crippen molar-refractivity contribution >= 4 is 28.2 Å². The summed E-state index contributed by atoms with van der Waals surface area (Å²) in [5.41, 5.74) is 0.826. The molecule has 1 aromatic carbocycles. The van der Waals surface area contributed by atoms with Crippen molar-refractivity contribution in [3.63, 3.8) is 0 Å². The predicted octanol–water partition coefficient (Wildman–Crippen LogP) is 3.77. The third-order valence-corrected chi connectivity index (χ3v) is 6.28. The number of Topliss-reactive ketones (excluding diaryl/α,β-unsaturated/α-hetero) is 1. The summed E-state index contributed by atoms with van der Waals surface area (Å²) in [4.78, 5) is 33.1. The maximum Gasteiger partial charge on any atom is 0.416 e. The minimum Gasteiger partial charge on any atom is -0.301 e. The van der Waals surface area contributed by atoms with Crippen LogP contribution in [0.15, 0.2) is 24.3 Å². The Hall–Kier alpha value is -3.05. The molecular weight excluding hydrogens is 443 g/mol. The van der Waals surface area contributed by atoms with Crippen molar-refractivity contribution in [2.24, 2.45) is 0 Å². The van der Waals surface area contributed by atoms with Gasteiger partial charge >= 0.3 is 6.18 Å². The molecule has 0 radical (unpaired) electrons. The Labute approximate surface area is 185 Å². The van der Waals surface area contributed by atoms with Gasteiger partial charge in [-0.2, -0.15) is 18.3 Å². The van der Waals surface area contributed by atoms with E-state index < -0.39 is 23.4 Å². The number of aryl methyl sites for hydroxylation is 1. The van der Waals surface area contributed by atoms with Gasteiger partial charge in [0.15, 0.2) is 5.13 Å². The molecule has 0 fully saturated rings. The van der Waals surface area contributed by atoms with Crippen LogP contribution in [0.2, 0.25) is 0 Å². The Kier molecular flexibility index (Phi) is 5.63. The monoisotopic (exact) mass is 463 g/mol. The summed E-state index contributed by atoms with van der Waals surface area (Å²) in [7, 11) is 2.00. The molecule has 3 heterocycles. The van der Waals surface area contributed by atoms with Crippen LogP contribution in [0.4, 0.5) is 18.3 Å². The predicted molar refractivity (Wildman–Crippen MR) is 113 cm³/mol. The number of benzene rings is 1. The summed E-state index contributed by atoms with van der Waals surface area (Å²) in [6.45, 7) is 4.68. The molecule has 0 bridgehead atoms. The Bertz CT molecular complexity index is 1210. The number of amides is 1. The summed E-state index contributed by atoms with van der Waals surface area (Å²) in [5, 5.41) is 7.12. The van der Waals surface area contributed by atoms with Crippen LogP contribution in [0.3, 0.4) is 0 Å². The van der Waals surface area contributed by atoms with Gasteiger partial charge < -0.3 is 4.90 Å². The molecule has 32 heavy (non-hydrogen) atoms. The van der Waals surface area contributed by atoms with E-state index in [9.17, 15) is 22.8 Å². The van der Waals surface area contributed by atoms with Crippen molar-refractivity contribution in [2.45, 2.75) is 33.0 Å². The van der Waals surface area contributed by atoms with Gasteiger partial charge in [-0.05, 0) is 39.1 Å². The lowest BCUT2D eigenvalue weighted by atomic mass is 10.1. The zero-order valence-electron chi connectivity index (χ0n) is 17.6. The van der Waals surface area contributed by atoms with Crippen LogP contribution >= 0.6 is 11.3 Å². The van der Waals surface area contributed by atoms with Crippen molar-refractivity contribution < 1.29 is 22.8 Å². The van der Waals surface area contributed by atoms with Crippen LogP contribution in [-0.2, 0) is 23.9 Å². The topological polar surface area (TPSA) is 80.1 Å². The molecular formula is C21H20F3N5O2S. The molecule has 1 aliphatic rings. The maximum atomic E-state index is 13.1. The van der Waals surface area contributed by atoms with Crippen LogP contribution in [0.1, 0.15) is 37.9 Å². The molecule has 1 amide bonds. The van der Waals surface area contributed by atoms with Crippen LogP contribution in [0, 0.1) is 13.8 Å². The fourth-order valence-corrected chi connectivity index (χ4v) is 4.76. The molecule has 0 saturated heterocycles. The largest absolute Gasteiger partial charge is 0.416 e. The minimum atomic E-state index is -4.51. The van der Waals surface area contributed by atoms with Crippen LogP contribution in [-0.4, -0.2) is 44.9 Å². The number of likely N-dealkylation sites (N-methyl/N-ethyl adjacent to an activating group) is 1. The third-order valence-electron chi connectivity index (χ3n) is 5.29. The van der Waals surface area contributed by atoms with Gasteiger partial charge in [-0.1, -0.05) is 6.07 Å². The van der Waals surface area contributed by atoms with Crippen molar-refractivity contribution in [3.8, 4) is 5.69 Å². The molecule has 1 N–H and O–H groups in total. The molecule has 0 atom stereocenters. The number of rotatable bonds is 4. The van der Waals surface area contributed by atoms with Gasteiger partial charge in [-0.25, -0.2) is 9.67 Å². The number of alkyl halides is 3. The number of ketones is 1. The average molecular weight is 463 g/mol. The van der Waals surface area contributed by atoms with Gasteiger partial charge in [0.2, 0.25) is 0 Å². The Morgan fingerprint density at radius 3 is 2.69 bits per heavy atom. The fourth-order valence-electron chi connectivity index (χ4n) is 3.68. The number of hydrogen-bond donors (Lipinski definition) is 1. The van der Waals surface area contributed by atoms with E-state index in [0.717, 1.165) is 42.2 Å². The van der Waals surface area contributed by atoms with E-state index in [0.29, 0.717) is 5.13 Å². The highest BCUT2D eigenvalue weighted by atomic mass is 32.1. The Morgan fingerprint density at radius 1 is 1.22 bits per heavy atom. The summed E-state index contributed by atoms with van der Waals surface area (Å²) in [6, 6.07) is 4.63. The Morgan fingerprint density at radius 2 is 1.97 bits per heavy atom. The number of nitrogens with one attached hydrogen (secondary N) is 1. The summed E-state index contributed by atoms with van der Waals surface area (Å²) >= 11 is 1.33. The lowest BCUT2D eigenvalue weighted by molar-refractivity contribution is -0.137. The second-order valence-electron chi connectivity index (χ2n) is 7.67. The first-order valence-electron chi connectivity index (χ1n) is 9.81.